The number of sulfonamides is 1. The number of carbonyl (C=O) groups is 1. The Bertz CT molecular complexity index is 1150. The lowest BCUT2D eigenvalue weighted by atomic mass is 10.0. The second-order valence-corrected chi connectivity index (χ2v) is 9.60. The predicted octanol–water partition coefficient (Wildman–Crippen LogP) is 4.95. The van der Waals surface area contributed by atoms with Crippen LogP contribution in [0.3, 0.4) is 0 Å². The van der Waals surface area contributed by atoms with Gasteiger partial charge in [0, 0.05) is 10.6 Å². The van der Waals surface area contributed by atoms with E-state index in [9.17, 15) is 13.2 Å². The van der Waals surface area contributed by atoms with Crippen LogP contribution < -0.4 is 0 Å². The average Bonchev–Trinajstić information content (AvgIpc) is 3.45. The van der Waals surface area contributed by atoms with E-state index in [1.807, 2.05) is 26.0 Å². The lowest BCUT2D eigenvalue weighted by molar-refractivity contribution is 0.0981. The third-order valence-electron chi connectivity index (χ3n) is 5.17. The van der Waals surface area contributed by atoms with Gasteiger partial charge in [-0.15, -0.1) is 0 Å². The van der Waals surface area contributed by atoms with Crippen LogP contribution in [0.25, 0.3) is 0 Å². The molecule has 3 aromatic carbocycles. The normalized spacial score (nSPS) is 21.0. The summed E-state index contributed by atoms with van der Waals surface area (Å²) in [5.74, 6) is -0.208. The fourth-order valence-corrected chi connectivity index (χ4v) is 5.32. The molecule has 1 aliphatic heterocycles. The zero-order valence-electron chi connectivity index (χ0n) is 16.0. The highest BCUT2D eigenvalue weighted by atomic mass is 35.5. The smallest absolute Gasteiger partial charge is 0.244 e. The Balaban J connectivity index is 1.74. The van der Waals surface area contributed by atoms with Gasteiger partial charge in [0.05, 0.1) is 10.9 Å². The number of rotatable bonds is 5. The number of halogens is 1. The van der Waals surface area contributed by atoms with Crippen molar-refractivity contribution in [1.82, 2.24) is 4.31 Å². The van der Waals surface area contributed by atoms with E-state index in [2.05, 4.69) is 0 Å². The van der Waals surface area contributed by atoms with Crippen molar-refractivity contribution < 1.29 is 13.2 Å². The summed E-state index contributed by atoms with van der Waals surface area (Å²) in [5, 5.41) is 0.559. The number of aryl methyl sites for hydroxylation is 2. The number of hydrogen-bond donors (Lipinski definition) is 0. The summed E-state index contributed by atoms with van der Waals surface area (Å²) < 4.78 is 27.9. The van der Waals surface area contributed by atoms with E-state index in [-0.39, 0.29) is 10.7 Å². The molecule has 6 heteroatoms. The predicted molar refractivity (Wildman–Crippen MR) is 114 cm³/mol. The van der Waals surface area contributed by atoms with Crippen LogP contribution in [-0.4, -0.2) is 24.5 Å². The highest BCUT2D eigenvalue weighted by molar-refractivity contribution is 7.89. The monoisotopic (exact) mass is 425 g/mol. The average molecular weight is 426 g/mol. The third-order valence-corrected chi connectivity index (χ3v) is 7.30. The van der Waals surface area contributed by atoms with E-state index in [1.54, 1.807) is 60.7 Å². The van der Waals surface area contributed by atoms with Crippen LogP contribution in [0.2, 0.25) is 5.02 Å². The van der Waals surface area contributed by atoms with Crippen molar-refractivity contribution in [1.29, 1.82) is 0 Å². The standard InChI is InChI=1S/C23H20ClNO3S/c1-15-3-7-18(8-4-15)23(26)22-21(17-9-11-19(24)12-10-17)25(22)29(27,28)20-13-5-16(2)6-14-20/h3-14,21-22H,1-2H3/t21-,22+,25?/m0/s1. The van der Waals surface area contributed by atoms with Gasteiger partial charge in [-0.1, -0.05) is 71.3 Å². The maximum Gasteiger partial charge on any atom is 0.244 e. The molecule has 0 aliphatic carbocycles. The van der Waals surface area contributed by atoms with Gasteiger partial charge in [0.1, 0.15) is 6.04 Å². The maximum atomic E-state index is 13.3. The molecule has 4 rings (SSSR count). The number of hydrogen-bond acceptors (Lipinski definition) is 3. The van der Waals surface area contributed by atoms with E-state index < -0.39 is 22.1 Å². The van der Waals surface area contributed by atoms with Gasteiger partial charge in [0.25, 0.3) is 0 Å². The molecule has 0 spiro atoms. The summed E-state index contributed by atoms with van der Waals surface area (Å²) in [5.41, 5.74) is 3.25. The summed E-state index contributed by atoms with van der Waals surface area (Å²) in [6.45, 7) is 3.84. The molecule has 1 unspecified atom stereocenters. The molecule has 0 radical (unpaired) electrons. The second-order valence-electron chi connectivity index (χ2n) is 7.32. The first-order valence-electron chi connectivity index (χ1n) is 9.25. The van der Waals surface area contributed by atoms with Crippen molar-refractivity contribution >= 4 is 27.4 Å². The molecule has 1 saturated heterocycles. The van der Waals surface area contributed by atoms with Crippen molar-refractivity contribution in [2.24, 2.45) is 0 Å². The van der Waals surface area contributed by atoms with Crippen molar-refractivity contribution in [3.63, 3.8) is 0 Å². The zero-order chi connectivity index (χ0) is 20.8. The molecule has 3 aromatic rings. The zero-order valence-corrected chi connectivity index (χ0v) is 17.6. The Kier molecular flexibility index (Phi) is 5.07. The molecular formula is C23H20ClNO3S. The van der Waals surface area contributed by atoms with E-state index in [4.69, 9.17) is 11.6 Å². The summed E-state index contributed by atoms with van der Waals surface area (Å²) in [6.07, 6.45) is 0. The Morgan fingerprint density at radius 2 is 1.34 bits per heavy atom. The van der Waals surface area contributed by atoms with E-state index in [1.165, 1.54) is 4.31 Å². The van der Waals surface area contributed by atoms with E-state index >= 15 is 0 Å². The molecule has 0 amide bonds. The lowest BCUT2D eigenvalue weighted by Gasteiger charge is -2.07. The highest BCUT2D eigenvalue weighted by Gasteiger charge is 2.60. The molecule has 0 aromatic heterocycles. The van der Waals surface area contributed by atoms with Gasteiger partial charge < -0.3 is 0 Å². The fourth-order valence-electron chi connectivity index (χ4n) is 3.48. The van der Waals surface area contributed by atoms with Crippen LogP contribution in [-0.2, 0) is 10.0 Å². The van der Waals surface area contributed by atoms with Gasteiger partial charge in [-0.05, 0) is 43.7 Å². The summed E-state index contributed by atoms with van der Waals surface area (Å²) in [7, 11) is -3.82. The minimum atomic E-state index is -3.82. The molecule has 1 aliphatic rings. The van der Waals surface area contributed by atoms with Crippen LogP contribution in [0.1, 0.15) is 33.1 Å². The molecule has 3 atom stereocenters. The molecule has 1 heterocycles. The second kappa shape index (κ2) is 7.41. The SMILES string of the molecule is Cc1ccc(C(=O)[C@H]2[C@H](c3ccc(Cl)cc3)N2S(=O)(=O)c2ccc(C)cc2)cc1. The van der Waals surface area contributed by atoms with Gasteiger partial charge in [-0.3, -0.25) is 4.79 Å². The molecule has 0 N–H and O–H groups in total. The van der Waals surface area contributed by atoms with Gasteiger partial charge >= 0.3 is 0 Å². The van der Waals surface area contributed by atoms with Crippen LogP contribution in [0.15, 0.2) is 77.7 Å². The summed E-state index contributed by atoms with van der Waals surface area (Å²) >= 11 is 5.98. The summed E-state index contributed by atoms with van der Waals surface area (Å²) in [6, 6.07) is 19.5. The number of ketones is 1. The van der Waals surface area contributed by atoms with Crippen LogP contribution >= 0.6 is 11.6 Å². The molecule has 4 nitrogen and oxygen atoms in total. The van der Waals surface area contributed by atoms with Crippen molar-refractivity contribution in [3.8, 4) is 0 Å². The van der Waals surface area contributed by atoms with E-state index in [0.717, 1.165) is 16.7 Å². The van der Waals surface area contributed by atoms with Gasteiger partial charge in [-0.25, -0.2) is 8.42 Å². The lowest BCUT2D eigenvalue weighted by Crippen LogP contribution is -2.19. The largest absolute Gasteiger partial charge is 0.292 e. The number of carbonyl (C=O) groups excluding carboxylic acids is 1. The van der Waals surface area contributed by atoms with Gasteiger partial charge in [0.15, 0.2) is 5.78 Å². The Morgan fingerprint density at radius 1 is 0.828 bits per heavy atom. The van der Waals surface area contributed by atoms with Crippen molar-refractivity contribution in [3.05, 3.63) is 100 Å². The number of Topliss-reactive ketones (excluding diaryl/α,β-unsaturated/α-hetero) is 1. The van der Waals surface area contributed by atoms with Gasteiger partial charge in [0.2, 0.25) is 10.0 Å². The Labute approximate surface area is 175 Å². The van der Waals surface area contributed by atoms with E-state index in [0.29, 0.717) is 10.6 Å². The number of nitrogens with zero attached hydrogens (tertiary/aromatic N) is 1. The first-order chi connectivity index (χ1) is 13.8. The molecular weight excluding hydrogens is 406 g/mol. The molecule has 0 bridgehead atoms. The Hall–Kier alpha value is -2.47. The molecule has 29 heavy (non-hydrogen) atoms. The molecule has 148 valence electrons. The van der Waals surface area contributed by atoms with Crippen LogP contribution in [0.5, 0.6) is 0 Å². The van der Waals surface area contributed by atoms with Crippen LogP contribution in [0.4, 0.5) is 0 Å². The molecule has 1 fully saturated rings. The maximum absolute atomic E-state index is 13.3. The minimum Gasteiger partial charge on any atom is -0.292 e. The fraction of sp³-hybridized carbons (Fsp3) is 0.174. The third kappa shape index (κ3) is 3.73. The van der Waals surface area contributed by atoms with Crippen molar-refractivity contribution in [2.75, 3.05) is 0 Å². The Morgan fingerprint density at radius 3 is 1.90 bits per heavy atom. The van der Waals surface area contributed by atoms with Gasteiger partial charge in [-0.2, -0.15) is 4.31 Å². The quantitative estimate of drug-likeness (QED) is 0.429. The molecule has 0 saturated carbocycles. The first-order valence-corrected chi connectivity index (χ1v) is 11.1. The van der Waals surface area contributed by atoms with Crippen LogP contribution in [0, 0.1) is 13.8 Å². The van der Waals surface area contributed by atoms with Crippen molar-refractivity contribution in [2.45, 2.75) is 30.8 Å². The summed E-state index contributed by atoms with van der Waals surface area (Å²) in [4.78, 5) is 13.4. The minimum absolute atomic E-state index is 0.182. The number of benzene rings is 3. The highest BCUT2D eigenvalue weighted by Crippen LogP contribution is 2.49. The topological polar surface area (TPSA) is 54.2 Å². The first kappa shape index (κ1) is 19.8.